The molecule has 0 aromatic carbocycles. The largest absolute Gasteiger partial charge is 0.309 e. The number of rotatable bonds is 4. The maximum Gasteiger partial charge on any atom is 0.0386 e. The van der Waals surface area contributed by atoms with Crippen LogP contribution in [0.25, 0.3) is 0 Å². The Labute approximate surface area is 103 Å². The number of hydrogen-bond acceptors (Lipinski definition) is 3. The van der Waals surface area contributed by atoms with E-state index < -0.39 is 0 Å². The molecule has 1 aliphatic rings. The Bertz CT molecular complexity index is 297. The number of nitrogens with zero attached hydrogens (tertiary/aromatic N) is 1. The van der Waals surface area contributed by atoms with Crippen LogP contribution in [0.5, 0.6) is 0 Å². The Kier molecular flexibility index (Phi) is 4.38. The van der Waals surface area contributed by atoms with Gasteiger partial charge in [0.25, 0.3) is 0 Å². The van der Waals surface area contributed by atoms with Crippen molar-refractivity contribution < 1.29 is 0 Å². The summed E-state index contributed by atoms with van der Waals surface area (Å²) in [6.45, 7) is 5.95. The SMILES string of the molecule is C[C@H](NCC1CCCN(C)C1)c1cccs1. The lowest BCUT2D eigenvalue weighted by Gasteiger charge is -2.30. The molecule has 1 saturated heterocycles. The van der Waals surface area contributed by atoms with Crippen LogP contribution in [0.1, 0.15) is 30.7 Å². The van der Waals surface area contributed by atoms with Crippen molar-refractivity contribution in [2.45, 2.75) is 25.8 Å². The molecule has 0 radical (unpaired) electrons. The van der Waals surface area contributed by atoms with Crippen molar-refractivity contribution in [2.75, 3.05) is 26.7 Å². The summed E-state index contributed by atoms with van der Waals surface area (Å²) in [5.41, 5.74) is 0. The topological polar surface area (TPSA) is 15.3 Å². The maximum absolute atomic E-state index is 3.66. The molecule has 2 nitrogen and oxygen atoms in total. The molecular weight excluding hydrogens is 216 g/mol. The summed E-state index contributed by atoms with van der Waals surface area (Å²) in [5, 5.41) is 5.81. The third-order valence-electron chi connectivity index (χ3n) is 3.40. The number of thiophene rings is 1. The van der Waals surface area contributed by atoms with Crippen molar-refractivity contribution >= 4 is 11.3 Å². The van der Waals surface area contributed by atoms with Crippen LogP contribution in [0.15, 0.2) is 17.5 Å². The van der Waals surface area contributed by atoms with E-state index in [0.717, 1.165) is 12.5 Å². The molecule has 1 aromatic heterocycles. The number of nitrogens with one attached hydrogen (secondary N) is 1. The average Bonchev–Trinajstić information content (AvgIpc) is 2.79. The Balaban J connectivity index is 1.74. The van der Waals surface area contributed by atoms with Gasteiger partial charge in [-0.2, -0.15) is 0 Å². The van der Waals surface area contributed by atoms with Crippen LogP contribution < -0.4 is 5.32 Å². The van der Waals surface area contributed by atoms with E-state index in [2.05, 4.69) is 41.7 Å². The van der Waals surface area contributed by atoms with Crippen LogP contribution in [0.4, 0.5) is 0 Å². The van der Waals surface area contributed by atoms with E-state index in [-0.39, 0.29) is 0 Å². The second kappa shape index (κ2) is 5.80. The van der Waals surface area contributed by atoms with Crippen molar-refractivity contribution in [3.05, 3.63) is 22.4 Å². The van der Waals surface area contributed by atoms with Crippen molar-refractivity contribution in [1.82, 2.24) is 10.2 Å². The van der Waals surface area contributed by atoms with Crippen LogP contribution in [0, 0.1) is 5.92 Å². The summed E-state index contributed by atoms with van der Waals surface area (Å²) in [7, 11) is 2.23. The standard InChI is InChI=1S/C13H22N2S/c1-11(13-6-4-8-16-13)14-9-12-5-3-7-15(2)10-12/h4,6,8,11-12,14H,3,5,7,9-10H2,1-2H3/t11-,12?/m0/s1. The van der Waals surface area contributed by atoms with Crippen molar-refractivity contribution in [3.8, 4) is 0 Å². The molecule has 90 valence electrons. The fraction of sp³-hybridized carbons (Fsp3) is 0.692. The highest BCUT2D eigenvalue weighted by atomic mass is 32.1. The lowest BCUT2D eigenvalue weighted by Crippen LogP contribution is -2.37. The van der Waals surface area contributed by atoms with E-state index in [1.807, 2.05) is 11.3 Å². The van der Waals surface area contributed by atoms with Crippen LogP contribution in [-0.4, -0.2) is 31.6 Å². The minimum absolute atomic E-state index is 0.507. The van der Waals surface area contributed by atoms with E-state index >= 15 is 0 Å². The predicted molar refractivity (Wildman–Crippen MR) is 71.0 cm³/mol. The van der Waals surface area contributed by atoms with Gasteiger partial charge in [0.15, 0.2) is 0 Å². The Hall–Kier alpha value is -0.380. The molecule has 16 heavy (non-hydrogen) atoms. The molecular formula is C13H22N2S. The molecule has 2 rings (SSSR count). The predicted octanol–water partition coefficient (Wildman–Crippen LogP) is 2.74. The Morgan fingerprint density at radius 3 is 3.19 bits per heavy atom. The quantitative estimate of drug-likeness (QED) is 0.867. The van der Waals surface area contributed by atoms with Gasteiger partial charge in [0.1, 0.15) is 0 Å². The van der Waals surface area contributed by atoms with E-state index in [4.69, 9.17) is 0 Å². The van der Waals surface area contributed by atoms with Gasteiger partial charge in [-0.25, -0.2) is 0 Å². The molecule has 0 amide bonds. The van der Waals surface area contributed by atoms with Gasteiger partial charge in [0.05, 0.1) is 0 Å². The number of likely N-dealkylation sites (tertiary alicyclic amines) is 1. The van der Waals surface area contributed by atoms with Gasteiger partial charge < -0.3 is 10.2 Å². The van der Waals surface area contributed by atoms with Gasteiger partial charge in [-0.15, -0.1) is 11.3 Å². The van der Waals surface area contributed by atoms with Crippen LogP contribution in [0.3, 0.4) is 0 Å². The molecule has 1 aromatic rings. The first-order valence-corrected chi connectivity index (χ1v) is 7.09. The molecule has 1 aliphatic heterocycles. The molecule has 1 N–H and O–H groups in total. The minimum atomic E-state index is 0.507. The molecule has 0 bridgehead atoms. The smallest absolute Gasteiger partial charge is 0.0386 e. The zero-order chi connectivity index (χ0) is 11.4. The van der Waals surface area contributed by atoms with E-state index in [1.54, 1.807) is 0 Å². The lowest BCUT2D eigenvalue weighted by atomic mass is 9.98. The van der Waals surface area contributed by atoms with Crippen molar-refractivity contribution in [3.63, 3.8) is 0 Å². The minimum Gasteiger partial charge on any atom is -0.309 e. The second-order valence-corrected chi connectivity index (χ2v) is 5.90. The van der Waals surface area contributed by atoms with Crippen LogP contribution >= 0.6 is 11.3 Å². The lowest BCUT2D eigenvalue weighted by molar-refractivity contribution is 0.203. The highest BCUT2D eigenvalue weighted by Crippen LogP contribution is 2.20. The summed E-state index contributed by atoms with van der Waals surface area (Å²) in [6, 6.07) is 4.86. The Morgan fingerprint density at radius 2 is 2.50 bits per heavy atom. The van der Waals surface area contributed by atoms with Gasteiger partial charge in [-0.05, 0) is 57.3 Å². The normalized spacial score (nSPS) is 24.5. The van der Waals surface area contributed by atoms with Crippen molar-refractivity contribution in [1.29, 1.82) is 0 Å². The molecule has 1 unspecified atom stereocenters. The van der Waals surface area contributed by atoms with Gasteiger partial charge in [0.2, 0.25) is 0 Å². The summed E-state index contributed by atoms with van der Waals surface area (Å²) in [5.74, 6) is 0.834. The average molecular weight is 238 g/mol. The third kappa shape index (κ3) is 3.30. The van der Waals surface area contributed by atoms with Gasteiger partial charge in [-0.3, -0.25) is 0 Å². The first kappa shape index (κ1) is 12.1. The van der Waals surface area contributed by atoms with Crippen molar-refractivity contribution in [2.24, 2.45) is 5.92 Å². The fourth-order valence-electron chi connectivity index (χ4n) is 2.42. The summed E-state index contributed by atoms with van der Waals surface area (Å²) in [4.78, 5) is 3.90. The second-order valence-electron chi connectivity index (χ2n) is 4.92. The van der Waals surface area contributed by atoms with Crippen LogP contribution in [-0.2, 0) is 0 Å². The molecule has 0 saturated carbocycles. The zero-order valence-electron chi connectivity index (χ0n) is 10.3. The molecule has 0 aliphatic carbocycles. The highest BCUT2D eigenvalue weighted by Gasteiger charge is 2.17. The van der Waals surface area contributed by atoms with Gasteiger partial charge >= 0.3 is 0 Å². The maximum atomic E-state index is 3.66. The van der Waals surface area contributed by atoms with Gasteiger partial charge in [-0.1, -0.05) is 6.07 Å². The van der Waals surface area contributed by atoms with E-state index in [9.17, 15) is 0 Å². The van der Waals surface area contributed by atoms with E-state index in [1.165, 1.54) is 30.8 Å². The molecule has 3 heteroatoms. The molecule has 2 heterocycles. The van der Waals surface area contributed by atoms with E-state index in [0.29, 0.717) is 6.04 Å². The summed E-state index contributed by atoms with van der Waals surface area (Å²) in [6.07, 6.45) is 2.74. The highest BCUT2D eigenvalue weighted by molar-refractivity contribution is 7.10. The zero-order valence-corrected chi connectivity index (χ0v) is 11.1. The van der Waals surface area contributed by atoms with Crippen LogP contribution in [0.2, 0.25) is 0 Å². The third-order valence-corrected chi connectivity index (χ3v) is 4.46. The molecule has 0 spiro atoms. The monoisotopic (exact) mass is 238 g/mol. The molecule has 2 atom stereocenters. The number of piperidine rings is 1. The fourth-order valence-corrected chi connectivity index (χ4v) is 3.18. The summed E-state index contributed by atoms with van der Waals surface area (Å²) >= 11 is 1.85. The first-order valence-electron chi connectivity index (χ1n) is 6.21. The first-order chi connectivity index (χ1) is 7.75. The van der Waals surface area contributed by atoms with Gasteiger partial charge in [0, 0.05) is 17.5 Å². The number of hydrogen-bond donors (Lipinski definition) is 1. The molecule has 1 fully saturated rings. The summed E-state index contributed by atoms with van der Waals surface area (Å²) < 4.78 is 0. The Morgan fingerprint density at radius 1 is 1.62 bits per heavy atom.